The number of rotatable bonds is 10. The van der Waals surface area contributed by atoms with Gasteiger partial charge in [-0.1, -0.05) is 6.07 Å². The second-order valence-electron chi connectivity index (χ2n) is 5.61. The maximum atomic E-state index is 12.3. The summed E-state index contributed by atoms with van der Waals surface area (Å²) in [5.74, 6) is -0.472. The molecule has 154 valence electrons. The molecule has 2 aromatic rings. The fourth-order valence-electron chi connectivity index (χ4n) is 2.32. The minimum Gasteiger partial charge on any atom is -0.494 e. The molecule has 0 bridgehead atoms. The van der Waals surface area contributed by atoms with Crippen molar-refractivity contribution in [3.63, 3.8) is 0 Å². The molecule has 0 unspecified atom stereocenters. The molecule has 2 aromatic carbocycles. The molecule has 6 nitrogen and oxygen atoms in total. The molecule has 0 amide bonds. The molecular weight excluding hydrogens is 386 g/mol. The van der Waals surface area contributed by atoms with Gasteiger partial charge in [-0.2, -0.15) is 8.78 Å². The molecule has 0 spiro atoms. The molecule has 29 heavy (non-hydrogen) atoms. The van der Waals surface area contributed by atoms with E-state index < -0.39 is 19.2 Å². The maximum Gasteiger partial charge on any atom is 0.387 e. The zero-order chi connectivity index (χ0) is 21.2. The van der Waals surface area contributed by atoms with Gasteiger partial charge in [0.15, 0.2) is 23.9 Å². The molecule has 0 N–H and O–H groups in total. The number of alkyl halides is 2. The highest BCUT2D eigenvalue weighted by molar-refractivity contribution is 5.99. The number of carbonyl (C=O) groups excluding carboxylic acids is 2. The number of carbonyl (C=O) groups is 2. The van der Waals surface area contributed by atoms with E-state index in [0.29, 0.717) is 23.5 Å². The van der Waals surface area contributed by atoms with E-state index in [9.17, 15) is 18.4 Å². The molecule has 0 aliphatic rings. The number of benzene rings is 2. The largest absolute Gasteiger partial charge is 0.494 e. The highest BCUT2D eigenvalue weighted by atomic mass is 19.3. The molecule has 0 aromatic heterocycles. The van der Waals surface area contributed by atoms with E-state index in [2.05, 4.69) is 4.74 Å². The molecule has 0 aliphatic heterocycles. The van der Waals surface area contributed by atoms with E-state index in [0.717, 1.165) is 6.08 Å². The van der Waals surface area contributed by atoms with Crippen molar-refractivity contribution in [2.24, 2.45) is 0 Å². The lowest BCUT2D eigenvalue weighted by Crippen LogP contribution is -2.12. The van der Waals surface area contributed by atoms with Gasteiger partial charge in [0.25, 0.3) is 0 Å². The van der Waals surface area contributed by atoms with E-state index in [1.807, 2.05) is 6.92 Å². The van der Waals surface area contributed by atoms with Gasteiger partial charge < -0.3 is 18.9 Å². The van der Waals surface area contributed by atoms with Gasteiger partial charge in [-0.05, 0) is 55.0 Å². The van der Waals surface area contributed by atoms with Gasteiger partial charge >= 0.3 is 12.6 Å². The third-order valence-electron chi connectivity index (χ3n) is 3.65. The number of halogens is 2. The predicted molar refractivity (Wildman–Crippen MR) is 102 cm³/mol. The van der Waals surface area contributed by atoms with Crippen molar-refractivity contribution >= 4 is 17.8 Å². The summed E-state index contributed by atoms with van der Waals surface area (Å²) in [6, 6.07) is 10.7. The van der Waals surface area contributed by atoms with Crippen molar-refractivity contribution in [2.75, 3.05) is 20.3 Å². The summed E-state index contributed by atoms with van der Waals surface area (Å²) in [5, 5.41) is 0. The number of methoxy groups -OCH3 is 1. The van der Waals surface area contributed by atoms with Gasteiger partial charge in [0, 0.05) is 11.6 Å². The van der Waals surface area contributed by atoms with Crippen molar-refractivity contribution in [3.8, 4) is 17.2 Å². The van der Waals surface area contributed by atoms with Gasteiger partial charge in [-0.25, -0.2) is 4.79 Å². The Bertz CT molecular complexity index is 862. The Labute approximate surface area is 166 Å². The molecule has 0 heterocycles. The first kappa shape index (κ1) is 21.9. The van der Waals surface area contributed by atoms with Crippen LogP contribution in [0.4, 0.5) is 8.78 Å². The van der Waals surface area contributed by atoms with Crippen LogP contribution in [0, 0.1) is 0 Å². The smallest absolute Gasteiger partial charge is 0.387 e. The lowest BCUT2D eigenvalue weighted by Gasteiger charge is -2.10. The average molecular weight is 406 g/mol. The van der Waals surface area contributed by atoms with Crippen molar-refractivity contribution < 1.29 is 37.3 Å². The highest BCUT2D eigenvalue weighted by Crippen LogP contribution is 2.29. The second-order valence-corrected chi connectivity index (χ2v) is 5.61. The highest BCUT2D eigenvalue weighted by Gasteiger charge is 2.11. The quantitative estimate of drug-likeness (QED) is 0.336. The maximum absolute atomic E-state index is 12.3. The normalized spacial score (nSPS) is 10.8. The molecule has 2 rings (SSSR count). The van der Waals surface area contributed by atoms with Gasteiger partial charge in [0.1, 0.15) is 5.75 Å². The van der Waals surface area contributed by atoms with Crippen LogP contribution in [0.25, 0.3) is 6.08 Å². The zero-order valence-electron chi connectivity index (χ0n) is 15.9. The number of ketones is 1. The molecule has 0 radical (unpaired) electrons. The van der Waals surface area contributed by atoms with E-state index in [-0.39, 0.29) is 17.3 Å². The topological polar surface area (TPSA) is 71.1 Å². The van der Waals surface area contributed by atoms with Crippen LogP contribution in [0.1, 0.15) is 22.8 Å². The third-order valence-corrected chi connectivity index (χ3v) is 3.65. The minimum atomic E-state index is -2.98. The Morgan fingerprint density at radius 1 is 1.07 bits per heavy atom. The number of Topliss-reactive ketones (excluding diaryl/α,β-unsaturated/α-hetero) is 1. The summed E-state index contributed by atoms with van der Waals surface area (Å²) in [6.45, 7) is -1.02. The molecule has 0 atom stereocenters. The van der Waals surface area contributed by atoms with Gasteiger partial charge in [0.2, 0.25) is 0 Å². The first-order valence-corrected chi connectivity index (χ1v) is 8.66. The first-order valence-electron chi connectivity index (χ1n) is 8.66. The molecular formula is C21H20F2O6. The standard InChI is InChI=1S/C21H20F2O6/c1-3-27-16-8-6-15(7-9-16)17(24)13-28-20(25)11-5-14-4-10-18(29-21(22)23)19(12-14)26-2/h4-12,21H,3,13H2,1-2H3/b11-5+. The molecule has 0 aliphatic carbocycles. The number of ether oxygens (including phenoxy) is 4. The summed E-state index contributed by atoms with van der Waals surface area (Å²) in [5.41, 5.74) is 0.892. The van der Waals surface area contributed by atoms with E-state index in [4.69, 9.17) is 14.2 Å². The Kier molecular flexibility index (Phi) is 8.14. The van der Waals surface area contributed by atoms with Crippen molar-refractivity contribution in [3.05, 3.63) is 59.7 Å². The van der Waals surface area contributed by atoms with Crippen molar-refractivity contribution in [1.29, 1.82) is 0 Å². The second kappa shape index (κ2) is 10.8. The van der Waals surface area contributed by atoms with E-state index in [1.54, 1.807) is 24.3 Å². The fraction of sp³-hybridized carbons (Fsp3) is 0.238. The Hall–Kier alpha value is -3.42. The monoisotopic (exact) mass is 406 g/mol. The van der Waals surface area contributed by atoms with Gasteiger partial charge in [-0.3, -0.25) is 4.79 Å². The van der Waals surface area contributed by atoms with Crippen molar-refractivity contribution in [2.45, 2.75) is 13.5 Å². The lowest BCUT2D eigenvalue weighted by atomic mass is 10.1. The van der Waals surface area contributed by atoms with E-state index >= 15 is 0 Å². The van der Waals surface area contributed by atoms with Crippen LogP contribution in [0.15, 0.2) is 48.5 Å². The average Bonchev–Trinajstić information content (AvgIpc) is 2.71. The summed E-state index contributed by atoms with van der Waals surface area (Å²) in [7, 11) is 1.31. The van der Waals surface area contributed by atoms with Crippen LogP contribution < -0.4 is 14.2 Å². The van der Waals surface area contributed by atoms with Crippen LogP contribution >= 0.6 is 0 Å². The minimum absolute atomic E-state index is 0.0893. The summed E-state index contributed by atoms with van der Waals surface area (Å²) < 4.78 is 44.2. The number of esters is 1. The fourth-order valence-corrected chi connectivity index (χ4v) is 2.32. The summed E-state index contributed by atoms with van der Waals surface area (Å²) in [6.07, 6.45) is 2.52. The zero-order valence-corrected chi connectivity index (χ0v) is 15.9. The Morgan fingerprint density at radius 2 is 1.79 bits per heavy atom. The summed E-state index contributed by atoms with van der Waals surface area (Å²) >= 11 is 0. The Morgan fingerprint density at radius 3 is 2.41 bits per heavy atom. The number of hydrogen-bond donors (Lipinski definition) is 0. The van der Waals surface area contributed by atoms with Crippen LogP contribution in [0.2, 0.25) is 0 Å². The first-order chi connectivity index (χ1) is 13.9. The van der Waals surface area contributed by atoms with Crippen LogP contribution in [-0.2, 0) is 9.53 Å². The van der Waals surface area contributed by atoms with E-state index in [1.165, 1.54) is 31.4 Å². The Balaban J connectivity index is 1.91. The number of hydrogen-bond acceptors (Lipinski definition) is 6. The van der Waals surface area contributed by atoms with Gasteiger partial charge in [0.05, 0.1) is 13.7 Å². The molecule has 0 fully saturated rings. The molecule has 8 heteroatoms. The van der Waals surface area contributed by atoms with Crippen LogP contribution in [0.3, 0.4) is 0 Å². The third kappa shape index (κ3) is 6.91. The predicted octanol–water partition coefficient (Wildman–Crippen LogP) is 4.13. The summed E-state index contributed by atoms with van der Waals surface area (Å²) in [4.78, 5) is 23.9. The molecule has 0 saturated heterocycles. The lowest BCUT2D eigenvalue weighted by molar-refractivity contribution is -0.136. The van der Waals surface area contributed by atoms with Crippen molar-refractivity contribution in [1.82, 2.24) is 0 Å². The van der Waals surface area contributed by atoms with Crippen LogP contribution in [0.5, 0.6) is 17.2 Å². The van der Waals surface area contributed by atoms with Crippen LogP contribution in [-0.4, -0.2) is 38.7 Å². The molecule has 0 saturated carbocycles. The SMILES string of the molecule is CCOc1ccc(C(=O)COC(=O)/C=C/c2ccc(OC(F)F)c(OC)c2)cc1. The van der Waals surface area contributed by atoms with Gasteiger partial charge in [-0.15, -0.1) is 0 Å².